The van der Waals surface area contributed by atoms with E-state index in [2.05, 4.69) is 35.3 Å². The molecule has 0 aliphatic rings. The van der Waals surface area contributed by atoms with Crippen LogP contribution in [0.5, 0.6) is 5.75 Å². The Kier molecular flexibility index (Phi) is 6.18. The summed E-state index contributed by atoms with van der Waals surface area (Å²) in [5, 5.41) is 1.93. The molecule has 0 aliphatic heterocycles. The van der Waals surface area contributed by atoms with Crippen molar-refractivity contribution in [2.75, 3.05) is 6.54 Å². The molecule has 3 nitrogen and oxygen atoms in total. The molecule has 1 aromatic heterocycles. The highest BCUT2D eigenvalue weighted by molar-refractivity contribution is 6.30. The zero-order valence-corrected chi connectivity index (χ0v) is 17.1. The molecule has 0 fully saturated rings. The van der Waals surface area contributed by atoms with Gasteiger partial charge in [0.05, 0.1) is 0 Å². The number of unbranched alkanes of at least 4 members (excludes halogenated alkanes) is 1. The van der Waals surface area contributed by atoms with Gasteiger partial charge in [-0.25, -0.2) is 0 Å². The van der Waals surface area contributed by atoms with Gasteiger partial charge in [0.1, 0.15) is 12.4 Å². The molecular formula is C25H25ClN2O. The van der Waals surface area contributed by atoms with Crippen LogP contribution in [0, 0.1) is 0 Å². The van der Waals surface area contributed by atoms with Gasteiger partial charge in [0.25, 0.3) is 0 Å². The van der Waals surface area contributed by atoms with Crippen molar-refractivity contribution in [2.24, 2.45) is 5.73 Å². The van der Waals surface area contributed by atoms with Gasteiger partial charge in [0, 0.05) is 21.6 Å². The first-order valence-electron chi connectivity index (χ1n) is 10.0. The molecule has 0 aliphatic carbocycles. The van der Waals surface area contributed by atoms with E-state index in [0.717, 1.165) is 52.4 Å². The summed E-state index contributed by atoms with van der Waals surface area (Å²) in [6.45, 7) is 1.26. The molecule has 4 heteroatoms. The number of benzene rings is 3. The van der Waals surface area contributed by atoms with E-state index in [1.54, 1.807) is 0 Å². The van der Waals surface area contributed by atoms with Gasteiger partial charge in [0.2, 0.25) is 0 Å². The van der Waals surface area contributed by atoms with Gasteiger partial charge in [-0.15, -0.1) is 0 Å². The highest BCUT2D eigenvalue weighted by atomic mass is 35.5. The first kappa shape index (κ1) is 19.6. The van der Waals surface area contributed by atoms with Gasteiger partial charge in [-0.3, -0.25) is 0 Å². The first-order valence-corrected chi connectivity index (χ1v) is 10.4. The topological polar surface area (TPSA) is 51.0 Å². The molecular weight excluding hydrogens is 380 g/mol. The number of ether oxygens (including phenoxy) is 1. The van der Waals surface area contributed by atoms with Crippen LogP contribution < -0.4 is 10.5 Å². The molecule has 3 N–H and O–H groups in total. The predicted molar refractivity (Wildman–Crippen MR) is 122 cm³/mol. The van der Waals surface area contributed by atoms with Gasteiger partial charge < -0.3 is 15.5 Å². The number of rotatable bonds is 8. The van der Waals surface area contributed by atoms with Crippen molar-refractivity contribution in [1.82, 2.24) is 4.98 Å². The maximum atomic E-state index is 6.25. The number of halogens is 1. The van der Waals surface area contributed by atoms with Crippen molar-refractivity contribution < 1.29 is 4.74 Å². The number of aryl methyl sites for hydroxylation is 1. The third-order valence-corrected chi connectivity index (χ3v) is 5.36. The Morgan fingerprint density at radius 2 is 1.76 bits per heavy atom. The minimum atomic E-state index is 0.556. The van der Waals surface area contributed by atoms with Gasteiger partial charge >= 0.3 is 0 Å². The number of hydrogen-bond donors (Lipinski definition) is 2. The van der Waals surface area contributed by atoms with Crippen LogP contribution in [0.2, 0.25) is 5.02 Å². The summed E-state index contributed by atoms with van der Waals surface area (Å²) in [6.07, 6.45) is 3.01. The molecule has 0 saturated heterocycles. The summed E-state index contributed by atoms with van der Waals surface area (Å²) in [5.74, 6) is 0.873. The number of H-pyrrole nitrogens is 1. The fraction of sp³-hybridized carbons (Fsp3) is 0.200. The summed E-state index contributed by atoms with van der Waals surface area (Å²) in [4.78, 5) is 3.59. The minimum absolute atomic E-state index is 0.556. The summed E-state index contributed by atoms with van der Waals surface area (Å²) in [5.41, 5.74) is 11.5. The van der Waals surface area contributed by atoms with Crippen LogP contribution >= 0.6 is 11.6 Å². The van der Waals surface area contributed by atoms with Crippen LogP contribution in [0.4, 0.5) is 0 Å². The molecule has 29 heavy (non-hydrogen) atoms. The summed E-state index contributed by atoms with van der Waals surface area (Å²) < 4.78 is 6.06. The number of nitrogens with one attached hydrogen (secondary N) is 1. The van der Waals surface area contributed by atoms with Gasteiger partial charge in [-0.05, 0) is 72.8 Å². The highest BCUT2D eigenvalue weighted by Gasteiger charge is 2.14. The van der Waals surface area contributed by atoms with Crippen molar-refractivity contribution in [3.05, 3.63) is 88.9 Å². The zero-order chi connectivity index (χ0) is 20.1. The van der Waals surface area contributed by atoms with Crippen molar-refractivity contribution in [2.45, 2.75) is 25.9 Å². The Morgan fingerprint density at radius 1 is 0.897 bits per heavy atom. The van der Waals surface area contributed by atoms with Crippen molar-refractivity contribution >= 4 is 22.5 Å². The lowest BCUT2D eigenvalue weighted by Gasteiger charge is -2.08. The molecule has 0 atom stereocenters. The fourth-order valence-corrected chi connectivity index (χ4v) is 3.84. The van der Waals surface area contributed by atoms with Crippen molar-refractivity contribution in [3.8, 4) is 17.0 Å². The predicted octanol–water partition coefficient (Wildman–Crippen LogP) is 6.35. The van der Waals surface area contributed by atoms with Gasteiger partial charge in [0.15, 0.2) is 0 Å². The average Bonchev–Trinajstić information content (AvgIpc) is 3.11. The molecule has 4 aromatic rings. The lowest BCUT2D eigenvalue weighted by Crippen LogP contribution is -1.99. The van der Waals surface area contributed by atoms with E-state index in [1.165, 1.54) is 10.9 Å². The van der Waals surface area contributed by atoms with E-state index in [4.69, 9.17) is 22.1 Å². The average molecular weight is 405 g/mol. The number of aromatic nitrogens is 1. The van der Waals surface area contributed by atoms with E-state index >= 15 is 0 Å². The molecule has 148 valence electrons. The quantitative estimate of drug-likeness (QED) is 0.336. The van der Waals surface area contributed by atoms with E-state index in [1.807, 2.05) is 42.5 Å². The van der Waals surface area contributed by atoms with Crippen LogP contribution in [-0.2, 0) is 13.0 Å². The Hall–Kier alpha value is -2.75. The standard InChI is InChI=1S/C25H25ClN2O/c26-20-10-6-9-19(15-20)25-22(11-4-5-14-27)23-16-21(12-13-24(23)28-25)29-17-18-7-2-1-3-8-18/h1-3,6-10,12-13,15-16,28H,4-5,11,14,17,27H2. The van der Waals surface area contributed by atoms with Crippen LogP contribution in [0.15, 0.2) is 72.8 Å². The second-order valence-corrected chi connectivity index (χ2v) is 7.65. The SMILES string of the molecule is NCCCCc1c(-c2cccc(Cl)c2)[nH]c2ccc(OCc3ccccc3)cc12. The summed E-state index contributed by atoms with van der Waals surface area (Å²) >= 11 is 6.25. The molecule has 0 radical (unpaired) electrons. The number of aromatic amines is 1. The molecule has 3 aromatic carbocycles. The molecule has 0 spiro atoms. The maximum Gasteiger partial charge on any atom is 0.120 e. The molecule has 4 rings (SSSR count). The Balaban J connectivity index is 1.68. The molecule has 0 amide bonds. The van der Waals surface area contributed by atoms with Crippen LogP contribution in [0.25, 0.3) is 22.2 Å². The largest absolute Gasteiger partial charge is 0.489 e. The van der Waals surface area contributed by atoms with E-state index < -0.39 is 0 Å². The zero-order valence-electron chi connectivity index (χ0n) is 16.3. The van der Waals surface area contributed by atoms with Crippen LogP contribution in [0.3, 0.4) is 0 Å². The summed E-state index contributed by atoms with van der Waals surface area (Å²) in [6, 6.07) is 24.5. The Labute approximate surface area is 176 Å². The number of nitrogens with two attached hydrogens (primary N) is 1. The highest BCUT2D eigenvalue weighted by Crippen LogP contribution is 2.34. The smallest absolute Gasteiger partial charge is 0.120 e. The van der Waals surface area contributed by atoms with Crippen LogP contribution in [-0.4, -0.2) is 11.5 Å². The van der Waals surface area contributed by atoms with E-state index in [9.17, 15) is 0 Å². The van der Waals surface area contributed by atoms with Crippen molar-refractivity contribution in [3.63, 3.8) is 0 Å². The molecule has 0 bridgehead atoms. The van der Waals surface area contributed by atoms with E-state index in [0.29, 0.717) is 13.2 Å². The third kappa shape index (κ3) is 4.64. The number of fused-ring (bicyclic) bond motifs is 1. The minimum Gasteiger partial charge on any atom is -0.489 e. The normalized spacial score (nSPS) is 11.1. The second-order valence-electron chi connectivity index (χ2n) is 7.22. The number of hydrogen-bond acceptors (Lipinski definition) is 2. The Bertz CT molecular complexity index is 1090. The lowest BCUT2D eigenvalue weighted by atomic mass is 10.00. The van der Waals surface area contributed by atoms with Crippen molar-refractivity contribution in [1.29, 1.82) is 0 Å². The molecule has 1 heterocycles. The monoisotopic (exact) mass is 404 g/mol. The lowest BCUT2D eigenvalue weighted by molar-refractivity contribution is 0.306. The summed E-state index contributed by atoms with van der Waals surface area (Å²) in [7, 11) is 0. The molecule has 0 unspecified atom stereocenters. The molecule has 0 saturated carbocycles. The van der Waals surface area contributed by atoms with E-state index in [-0.39, 0.29) is 0 Å². The Morgan fingerprint density at radius 3 is 2.55 bits per heavy atom. The fourth-order valence-electron chi connectivity index (χ4n) is 3.65. The van der Waals surface area contributed by atoms with Gasteiger partial charge in [-0.1, -0.05) is 54.1 Å². The third-order valence-electron chi connectivity index (χ3n) is 5.12. The first-order chi connectivity index (χ1) is 14.2. The second kappa shape index (κ2) is 9.17. The van der Waals surface area contributed by atoms with Crippen LogP contribution in [0.1, 0.15) is 24.0 Å². The maximum absolute atomic E-state index is 6.25. The van der Waals surface area contributed by atoms with Gasteiger partial charge in [-0.2, -0.15) is 0 Å².